The number of carbonyl (C=O) groups excluding carboxylic acids is 2. The van der Waals surface area contributed by atoms with Gasteiger partial charge >= 0.3 is 0 Å². The van der Waals surface area contributed by atoms with Gasteiger partial charge in [-0.2, -0.15) is 5.26 Å². The maximum Gasteiger partial charge on any atom is 0.255 e. The van der Waals surface area contributed by atoms with Gasteiger partial charge in [0.1, 0.15) is 11.8 Å². The van der Waals surface area contributed by atoms with Crippen LogP contribution in [0.4, 0.5) is 11.4 Å². The van der Waals surface area contributed by atoms with Gasteiger partial charge in [-0.05, 0) is 42.5 Å². The van der Waals surface area contributed by atoms with Gasteiger partial charge in [-0.15, -0.1) is 0 Å². The molecule has 0 atom stereocenters. The number of nitrogens with one attached hydrogen (secondary N) is 2. The first-order chi connectivity index (χ1) is 13.6. The molecular weight excluding hydrogens is 354 g/mol. The van der Waals surface area contributed by atoms with E-state index in [1.807, 2.05) is 6.07 Å². The molecule has 6 heteroatoms. The van der Waals surface area contributed by atoms with E-state index in [9.17, 15) is 9.59 Å². The maximum atomic E-state index is 12.5. The van der Waals surface area contributed by atoms with Gasteiger partial charge in [-0.25, -0.2) is 0 Å². The van der Waals surface area contributed by atoms with Crippen molar-refractivity contribution in [2.75, 3.05) is 17.7 Å². The summed E-state index contributed by atoms with van der Waals surface area (Å²) in [5.74, 6) is -0.124. The first-order valence-electron chi connectivity index (χ1n) is 8.46. The number of methoxy groups -OCH3 is 1. The number of carbonyl (C=O) groups is 2. The third kappa shape index (κ3) is 4.34. The summed E-state index contributed by atoms with van der Waals surface area (Å²) in [5, 5.41) is 14.6. The van der Waals surface area contributed by atoms with Gasteiger partial charge < -0.3 is 15.4 Å². The molecule has 28 heavy (non-hydrogen) atoms. The highest BCUT2D eigenvalue weighted by atomic mass is 16.5. The van der Waals surface area contributed by atoms with Crippen molar-refractivity contribution in [2.24, 2.45) is 0 Å². The van der Waals surface area contributed by atoms with Gasteiger partial charge in [-0.3, -0.25) is 9.59 Å². The number of benzene rings is 3. The van der Waals surface area contributed by atoms with E-state index in [4.69, 9.17) is 10.00 Å². The zero-order chi connectivity index (χ0) is 19.9. The Kier molecular flexibility index (Phi) is 5.68. The Balaban J connectivity index is 1.76. The molecule has 3 aromatic rings. The second-order valence-electron chi connectivity index (χ2n) is 5.88. The molecule has 0 spiro atoms. The van der Waals surface area contributed by atoms with Crippen molar-refractivity contribution in [3.8, 4) is 11.8 Å². The standard InChI is InChI=1S/C22H17N3O3/c1-28-19-10-5-9-18(13-19)24-21(26)15-7-4-8-16(12-15)22(27)25-20-11-3-2-6-17(20)14-23/h2-13H,1H3,(H,24,26)(H,25,27). The minimum Gasteiger partial charge on any atom is -0.497 e. The highest BCUT2D eigenvalue weighted by Crippen LogP contribution is 2.19. The van der Waals surface area contributed by atoms with Crippen molar-refractivity contribution >= 4 is 23.2 Å². The third-order valence-electron chi connectivity index (χ3n) is 4.01. The second kappa shape index (κ2) is 8.52. The molecule has 6 nitrogen and oxygen atoms in total. The summed E-state index contributed by atoms with van der Waals surface area (Å²) >= 11 is 0. The molecule has 0 saturated carbocycles. The van der Waals surface area contributed by atoms with Crippen molar-refractivity contribution in [1.82, 2.24) is 0 Å². The summed E-state index contributed by atoms with van der Waals surface area (Å²) in [6.45, 7) is 0. The Morgan fingerprint density at radius 3 is 2.25 bits per heavy atom. The van der Waals surface area contributed by atoms with E-state index in [0.29, 0.717) is 33.8 Å². The van der Waals surface area contributed by atoms with Crippen LogP contribution in [0.5, 0.6) is 5.75 Å². The molecule has 0 aromatic heterocycles. The molecule has 0 aliphatic heterocycles. The number of ether oxygens (including phenoxy) is 1. The van der Waals surface area contributed by atoms with E-state index < -0.39 is 5.91 Å². The molecule has 3 rings (SSSR count). The van der Waals surface area contributed by atoms with Gasteiger partial charge in [0.15, 0.2) is 0 Å². The number of hydrogen-bond acceptors (Lipinski definition) is 4. The minimum absolute atomic E-state index is 0.311. The summed E-state index contributed by atoms with van der Waals surface area (Å²) in [6.07, 6.45) is 0. The molecule has 0 bridgehead atoms. The molecule has 2 N–H and O–H groups in total. The second-order valence-corrected chi connectivity index (χ2v) is 5.88. The zero-order valence-electron chi connectivity index (χ0n) is 15.1. The molecule has 0 radical (unpaired) electrons. The molecule has 2 amide bonds. The summed E-state index contributed by atoms with van der Waals surface area (Å²) < 4.78 is 5.14. The van der Waals surface area contributed by atoms with Crippen LogP contribution in [0.2, 0.25) is 0 Å². The molecule has 0 aliphatic carbocycles. The molecule has 0 heterocycles. The average molecular weight is 371 g/mol. The molecule has 3 aromatic carbocycles. The fourth-order valence-electron chi connectivity index (χ4n) is 2.59. The topological polar surface area (TPSA) is 91.2 Å². The van der Waals surface area contributed by atoms with Crippen LogP contribution in [0.3, 0.4) is 0 Å². The van der Waals surface area contributed by atoms with Crippen LogP contribution < -0.4 is 15.4 Å². The SMILES string of the molecule is COc1cccc(NC(=O)c2cccc(C(=O)Nc3ccccc3C#N)c2)c1. The lowest BCUT2D eigenvalue weighted by Crippen LogP contribution is -2.16. The fraction of sp³-hybridized carbons (Fsp3) is 0.0455. The summed E-state index contributed by atoms with van der Waals surface area (Å²) in [6, 6.07) is 22.1. The number of hydrogen-bond donors (Lipinski definition) is 2. The number of rotatable bonds is 5. The van der Waals surface area contributed by atoms with Gasteiger partial charge in [0.25, 0.3) is 11.8 Å². The molecule has 0 fully saturated rings. The first kappa shape index (κ1) is 18.7. The van der Waals surface area contributed by atoms with E-state index in [0.717, 1.165) is 0 Å². The van der Waals surface area contributed by atoms with Gasteiger partial charge in [0.2, 0.25) is 0 Å². The lowest BCUT2D eigenvalue weighted by Gasteiger charge is -2.09. The fourth-order valence-corrected chi connectivity index (χ4v) is 2.59. The van der Waals surface area contributed by atoms with Gasteiger partial charge in [0.05, 0.1) is 18.4 Å². The van der Waals surface area contributed by atoms with E-state index in [2.05, 4.69) is 10.6 Å². The van der Waals surface area contributed by atoms with Crippen LogP contribution >= 0.6 is 0 Å². The van der Waals surface area contributed by atoms with Crippen LogP contribution in [0.25, 0.3) is 0 Å². The monoisotopic (exact) mass is 371 g/mol. The van der Waals surface area contributed by atoms with Gasteiger partial charge in [0, 0.05) is 22.9 Å². The molecule has 0 unspecified atom stereocenters. The van der Waals surface area contributed by atoms with Crippen LogP contribution in [-0.4, -0.2) is 18.9 Å². The largest absolute Gasteiger partial charge is 0.497 e. The van der Waals surface area contributed by atoms with Crippen molar-refractivity contribution in [1.29, 1.82) is 5.26 Å². The minimum atomic E-state index is -0.404. The smallest absolute Gasteiger partial charge is 0.255 e. The lowest BCUT2D eigenvalue weighted by molar-refractivity contribution is 0.102. The van der Waals surface area contributed by atoms with Crippen molar-refractivity contribution in [3.63, 3.8) is 0 Å². The number of nitriles is 1. The van der Waals surface area contributed by atoms with E-state index >= 15 is 0 Å². The Morgan fingerprint density at radius 1 is 0.857 bits per heavy atom. The Labute approximate surface area is 162 Å². The van der Waals surface area contributed by atoms with Crippen molar-refractivity contribution < 1.29 is 14.3 Å². The normalized spacial score (nSPS) is 9.86. The Bertz CT molecular complexity index is 1070. The van der Waals surface area contributed by atoms with Gasteiger partial charge in [-0.1, -0.05) is 24.3 Å². The Morgan fingerprint density at radius 2 is 1.54 bits per heavy atom. The summed E-state index contributed by atoms with van der Waals surface area (Å²) in [5.41, 5.74) is 2.02. The molecule has 0 saturated heterocycles. The van der Waals surface area contributed by atoms with E-state index in [-0.39, 0.29) is 5.91 Å². The molecule has 138 valence electrons. The average Bonchev–Trinajstić information content (AvgIpc) is 2.74. The third-order valence-corrected chi connectivity index (χ3v) is 4.01. The molecule has 0 aliphatic rings. The van der Waals surface area contributed by atoms with E-state index in [1.54, 1.807) is 73.8 Å². The number of para-hydroxylation sites is 1. The number of anilines is 2. The quantitative estimate of drug-likeness (QED) is 0.707. The van der Waals surface area contributed by atoms with E-state index in [1.165, 1.54) is 6.07 Å². The van der Waals surface area contributed by atoms with Crippen LogP contribution in [0, 0.1) is 11.3 Å². The maximum absolute atomic E-state index is 12.5. The van der Waals surface area contributed by atoms with Crippen LogP contribution in [0.1, 0.15) is 26.3 Å². The Hall–Kier alpha value is -4.11. The summed E-state index contributed by atoms with van der Waals surface area (Å²) in [7, 11) is 1.55. The number of amides is 2. The van der Waals surface area contributed by atoms with Crippen molar-refractivity contribution in [2.45, 2.75) is 0 Å². The summed E-state index contributed by atoms with van der Waals surface area (Å²) in [4.78, 5) is 25.1. The van der Waals surface area contributed by atoms with Crippen molar-refractivity contribution in [3.05, 3.63) is 89.5 Å². The predicted molar refractivity (Wildman–Crippen MR) is 106 cm³/mol. The molecular formula is C22H17N3O3. The highest BCUT2D eigenvalue weighted by Gasteiger charge is 2.12. The van der Waals surface area contributed by atoms with Crippen LogP contribution in [0.15, 0.2) is 72.8 Å². The highest BCUT2D eigenvalue weighted by molar-refractivity contribution is 6.09. The van der Waals surface area contributed by atoms with Crippen LogP contribution in [-0.2, 0) is 0 Å². The predicted octanol–water partition coefficient (Wildman–Crippen LogP) is 4.07. The zero-order valence-corrected chi connectivity index (χ0v) is 15.1. The lowest BCUT2D eigenvalue weighted by atomic mass is 10.1. The number of nitrogens with zero attached hydrogens (tertiary/aromatic N) is 1. The first-order valence-corrected chi connectivity index (χ1v) is 8.46.